The van der Waals surface area contributed by atoms with Crippen molar-refractivity contribution in [1.29, 1.82) is 0 Å². The first-order valence-corrected chi connectivity index (χ1v) is 15.4. The van der Waals surface area contributed by atoms with E-state index in [9.17, 15) is 19.5 Å². The molecule has 2 bridgehead atoms. The summed E-state index contributed by atoms with van der Waals surface area (Å²) in [6, 6.07) is 8.23. The van der Waals surface area contributed by atoms with E-state index >= 15 is 0 Å². The van der Waals surface area contributed by atoms with Crippen molar-refractivity contribution < 1.29 is 24.2 Å². The van der Waals surface area contributed by atoms with E-state index < -0.39 is 40.7 Å². The molecular formula is C33H51N3O5. The van der Waals surface area contributed by atoms with E-state index in [4.69, 9.17) is 4.74 Å². The number of likely N-dealkylation sites (tertiary alicyclic amines) is 1. The van der Waals surface area contributed by atoms with Crippen LogP contribution in [0.4, 0.5) is 0 Å². The van der Waals surface area contributed by atoms with Crippen LogP contribution in [0.1, 0.15) is 93.1 Å². The molecule has 1 aromatic rings. The monoisotopic (exact) mass is 569 g/mol. The minimum Gasteiger partial charge on any atom is -0.394 e. The Hall–Kier alpha value is -2.45. The van der Waals surface area contributed by atoms with Crippen molar-refractivity contribution in [3.8, 4) is 0 Å². The van der Waals surface area contributed by atoms with Gasteiger partial charge in [-0.25, -0.2) is 0 Å². The number of nitrogens with one attached hydrogen (secondary N) is 2. The average molecular weight is 570 g/mol. The van der Waals surface area contributed by atoms with Gasteiger partial charge in [-0.05, 0) is 62.8 Å². The van der Waals surface area contributed by atoms with Crippen molar-refractivity contribution in [2.75, 3.05) is 6.61 Å². The molecule has 228 valence electrons. The Morgan fingerprint density at radius 3 is 2.32 bits per heavy atom. The molecule has 0 saturated carbocycles. The summed E-state index contributed by atoms with van der Waals surface area (Å²) in [4.78, 5) is 44.4. The minimum atomic E-state index is -1.12. The molecule has 2 unspecified atom stereocenters. The smallest absolute Gasteiger partial charge is 0.246 e. The molecule has 4 rings (SSSR count). The Kier molecular flexibility index (Phi) is 8.70. The predicted molar refractivity (Wildman–Crippen MR) is 159 cm³/mol. The van der Waals surface area contributed by atoms with Crippen molar-refractivity contribution >= 4 is 17.7 Å². The molecule has 3 aliphatic rings. The first kappa shape index (κ1) is 31.5. The van der Waals surface area contributed by atoms with Gasteiger partial charge in [0, 0.05) is 12.1 Å². The van der Waals surface area contributed by atoms with Gasteiger partial charge in [-0.15, -0.1) is 0 Å². The average Bonchev–Trinajstić information content (AvgIpc) is 3.48. The van der Waals surface area contributed by atoms with Crippen LogP contribution in [0.2, 0.25) is 0 Å². The fourth-order valence-electron chi connectivity index (χ4n) is 8.23. The molecule has 1 aromatic carbocycles. The highest BCUT2D eigenvalue weighted by atomic mass is 16.5. The van der Waals surface area contributed by atoms with Gasteiger partial charge in [0.25, 0.3) is 0 Å². The normalized spacial score (nSPS) is 30.0. The molecule has 0 aromatic heterocycles. The third-order valence-electron chi connectivity index (χ3n) is 9.24. The second-order valence-electron chi connectivity index (χ2n) is 14.9. The molecule has 3 N–H and O–H groups in total. The number of hydrogen-bond donors (Lipinski definition) is 3. The summed E-state index contributed by atoms with van der Waals surface area (Å²) < 4.78 is 6.89. The van der Waals surface area contributed by atoms with Gasteiger partial charge in [0.2, 0.25) is 17.7 Å². The SMILES string of the molecule is CC[C@]12CCC3(O1)C(C(=O)NC(C)(C)CC(C)(C)C)N([C@@H](CO)CC(C)C)C(=O)[C@@H]3[C@H]2C(=O)NCc1ccccc1. The molecule has 3 fully saturated rings. The summed E-state index contributed by atoms with van der Waals surface area (Å²) in [6.07, 6.45) is 2.98. The van der Waals surface area contributed by atoms with Crippen LogP contribution in [0.5, 0.6) is 0 Å². The number of benzene rings is 1. The van der Waals surface area contributed by atoms with E-state index in [0.717, 1.165) is 12.0 Å². The summed E-state index contributed by atoms with van der Waals surface area (Å²) in [5.74, 6) is -2.03. The van der Waals surface area contributed by atoms with Crippen LogP contribution in [0.25, 0.3) is 0 Å². The molecule has 3 aliphatic heterocycles. The van der Waals surface area contributed by atoms with E-state index in [2.05, 4.69) is 31.4 Å². The Labute approximate surface area is 246 Å². The maximum atomic E-state index is 14.5. The van der Waals surface area contributed by atoms with Crippen molar-refractivity contribution in [3.63, 3.8) is 0 Å². The van der Waals surface area contributed by atoms with Crippen molar-refractivity contribution in [2.24, 2.45) is 23.2 Å². The van der Waals surface area contributed by atoms with Crippen LogP contribution in [0.15, 0.2) is 30.3 Å². The molecule has 8 heteroatoms. The lowest BCUT2D eigenvalue weighted by molar-refractivity contribution is -0.152. The minimum absolute atomic E-state index is 0.0232. The number of aliphatic hydroxyl groups excluding tert-OH is 1. The Bertz CT molecular complexity index is 1130. The fourth-order valence-corrected chi connectivity index (χ4v) is 8.23. The topological polar surface area (TPSA) is 108 Å². The van der Waals surface area contributed by atoms with Gasteiger partial charge in [0.1, 0.15) is 11.6 Å². The highest BCUT2D eigenvalue weighted by molar-refractivity contribution is 5.99. The molecule has 3 amide bonds. The van der Waals surface area contributed by atoms with Gasteiger partial charge in [-0.3, -0.25) is 14.4 Å². The number of rotatable bonds is 11. The molecule has 0 radical (unpaired) electrons. The maximum Gasteiger partial charge on any atom is 0.246 e. The molecular weight excluding hydrogens is 518 g/mol. The van der Waals surface area contributed by atoms with Gasteiger partial charge in [0.05, 0.1) is 30.1 Å². The van der Waals surface area contributed by atoms with Gasteiger partial charge >= 0.3 is 0 Å². The Morgan fingerprint density at radius 2 is 1.76 bits per heavy atom. The van der Waals surface area contributed by atoms with Gasteiger partial charge < -0.3 is 25.4 Å². The van der Waals surface area contributed by atoms with Crippen LogP contribution in [0, 0.1) is 23.2 Å². The number of nitrogens with zero attached hydrogens (tertiary/aromatic N) is 1. The zero-order chi connectivity index (χ0) is 30.4. The standard InChI is InChI=1S/C33H51N3O5/c1-9-32-15-16-33(41-32)25(24(32)27(38)34-18-22-13-11-10-12-14-22)29(40)36(23(19-37)17-21(2)3)26(33)28(39)35-31(7,8)20-30(4,5)6/h10-14,21,23-26,37H,9,15-20H2,1-8H3,(H,34,38)(H,35,39)/t23-,24+,25+,26?,32-,33?/m1/s1. The van der Waals surface area contributed by atoms with E-state index in [-0.39, 0.29) is 35.7 Å². The predicted octanol–water partition coefficient (Wildman–Crippen LogP) is 4.20. The molecule has 1 spiro atoms. The lowest BCUT2D eigenvalue weighted by atomic mass is 9.65. The molecule has 3 heterocycles. The number of amides is 3. The first-order valence-electron chi connectivity index (χ1n) is 15.4. The van der Waals surface area contributed by atoms with E-state index in [1.807, 2.05) is 65.0 Å². The molecule has 8 nitrogen and oxygen atoms in total. The molecule has 41 heavy (non-hydrogen) atoms. The number of aliphatic hydroxyl groups is 1. The van der Waals surface area contributed by atoms with Crippen molar-refractivity contribution in [1.82, 2.24) is 15.5 Å². The number of ether oxygens (including phenoxy) is 1. The summed E-state index contributed by atoms with van der Waals surface area (Å²) in [6.45, 7) is 16.6. The number of carbonyl (C=O) groups excluding carboxylic acids is 3. The molecule has 0 aliphatic carbocycles. The number of hydrogen-bond acceptors (Lipinski definition) is 5. The summed E-state index contributed by atoms with van der Waals surface area (Å²) in [5.41, 5.74) is -1.50. The second-order valence-corrected chi connectivity index (χ2v) is 14.9. The lowest BCUT2D eigenvalue weighted by Gasteiger charge is -2.40. The summed E-state index contributed by atoms with van der Waals surface area (Å²) >= 11 is 0. The first-order chi connectivity index (χ1) is 19.1. The Morgan fingerprint density at radius 1 is 1.10 bits per heavy atom. The second kappa shape index (κ2) is 11.3. The largest absolute Gasteiger partial charge is 0.394 e. The summed E-state index contributed by atoms with van der Waals surface area (Å²) in [7, 11) is 0. The van der Waals surface area contributed by atoms with Crippen LogP contribution in [-0.2, 0) is 25.7 Å². The third kappa shape index (κ3) is 5.92. The van der Waals surface area contributed by atoms with Gasteiger partial charge in [-0.1, -0.05) is 71.9 Å². The lowest BCUT2D eigenvalue weighted by Crippen LogP contribution is -2.61. The third-order valence-corrected chi connectivity index (χ3v) is 9.24. The number of fused-ring (bicyclic) bond motifs is 1. The van der Waals surface area contributed by atoms with Crippen molar-refractivity contribution in [2.45, 2.75) is 123 Å². The fraction of sp³-hybridized carbons (Fsp3) is 0.727. The van der Waals surface area contributed by atoms with Crippen LogP contribution >= 0.6 is 0 Å². The highest BCUT2D eigenvalue weighted by Gasteiger charge is 2.79. The highest BCUT2D eigenvalue weighted by Crippen LogP contribution is 2.64. The van der Waals surface area contributed by atoms with E-state index in [1.54, 1.807) is 4.90 Å². The number of carbonyl (C=O) groups is 3. The van der Waals surface area contributed by atoms with Gasteiger partial charge in [0.15, 0.2) is 0 Å². The Balaban J connectivity index is 1.73. The van der Waals surface area contributed by atoms with E-state index in [0.29, 0.717) is 32.2 Å². The molecule has 6 atom stereocenters. The van der Waals surface area contributed by atoms with Crippen LogP contribution in [-0.4, -0.2) is 63.2 Å². The van der Waals surface area contributed by atoms with Crippen LogP contribution in [0.3, 0.4) is 0 Å². The van der Waals surface area contributed by atoms with Crippen molar-refractivity contribution in [3.05, 3.63) is 35.9 Å². The zero-order valence-electron chi connectivity index (χ0n) is 26.3. The molecule has 3 saturated heterocycles. The zero-order valence-corrected chi connectivity index (χ0v) is 26.3. The maximum absolute atomic E-state index is 14.5. The van der Waals surface area contributed by atoms with Gasteiger partial charge in [-0.2, -0.15) is 0 Å². The quantitative estimate of drug-likeness (QED) is 0.370. The van der Waals surface area contributed by atoms with Crippen LogP contribution < -0.4 is 10.6 Å². The summed E-state index contributed by atoms with van der Waals surface area (Å²) in [5, 5.41) is 16.8. The van der Waals surface area contributed by atoms with E-state index in [1.165, 1.54) is 0 Å².